The van der Waals surface area contributed by atoms with Crippen LogP contribution in [0, 0.1) is 5.82 Å². The van der Waals surface area contributed by atoms with Crippen molar-refractivity contribution in [3.8, 4) is 0 Å². The summed E-state index contributed by atoms with van der Waals surface area (Å²) in [6, 6.07) is 2.32. The Hall–Kier alpha value is -0.530. The molecule has 1 aromatic carbocycles. The highest BCUT2D eigenvalue weighted by molar-refractivity contribution is 9.10. The van der Waals surface area contributed by atoms with E-state index in [0.717, 1.165) is 10.4 Å². The first-order chi connectivity index (χ1) is 6.87. The Morgan fingerprint density at radius 1 is 1.47 bits per heavy atom. The van der Waals surface area contributed by atoms with Crippen LogP contribution in [-0.4, -0.2) is 24.8 Å². The van der Waals surface area contributed by atoms with Crippen molar-refractivity contribution in [2.24, 2.45) is 0 Å². The maximum Gasteiger partial charge on any atom is 0.265 e. The molecule has 1 heterocycles. The van der Waals surface area contributed by atoms with Gasteiger partial charge >= 0.3 is 0 Å². The van der Waals surface area contributed by atoms with Gasteiger partial charge in [0.15, 0.2) is 0 Å². The zero-order valence-corrected chi connectivity index (χ0v) is 10.7. The number of rotatable bonds is 0. The SMILES string of the molecule is CN1C(=S)c2c(ccc(F)c2Br)S1(=O)=O. The summed E-state index contributed by atoms with van der Waals surface area (Å²) in [6.07, 6.45) is 0. The highest BCUT2D eigenvalue weighted by Gasteiger charge is 2.37. The van der Waals surface area contributed by atoms with Gasteiger partial charge in [-0.15, -0.1) is 0 Å². The number of fused-ring (bicyclic) bond motifs is 1. The normalized spacial score (nSPS) is 18.1. The molecular weight excluding hydrogens is 305 g/mol. The van der Waals surface area contributed by atoms with Crippen molar-refractivity contribution < 1.29 is 12.8 Å². The molecule has 0 N–H and O–H groups in total. The molecule has 3 nitrogen and oxygen atoms in total. The van der Waals surface area contributed by atoms with Gasteiger partial charge in [-0.2, -0.15) is 0 Å². The second-order valence-corrected chi connectivity index (χ2v) is 6.13. The highest BCUT2D eigenvalue weighted by atomic mass is 79.9. The van der Waals surface area contributed by atoms with Gasteiger partial charge in [-0.3, -0.25) is 4.31 Å². The average molecular weight is 310 g/mol. The Labute approximate surface area is 100 Å². The topological polar surface area (TPSA) is 37.4 Å². The quantitative estimate of drug-likeness (QED) is 0.687. The minimum absolute atomic E-state index is 0.0447. The van der Waals surface area contributed by atoms with Crippen LogP contribution in [0.3, 0.4) is 0 Å². The number of nitrogens with zero attached hydrogens (tertiary/aromatic N) is 1. The molecule has 0 amide bonds. The van der Waals surface area contributed by atoms with Crippen LogP contribution < -0.4 is 0 Å². The molecule has 0 fully saturated rings. The van der Waals surface area contributed by atoms with Crippen LogP contribution in [0.1, 0.15) is 5.56 Å². The third kappa shape index (κ3) is 1.33. The number of sulfonamides is 1. The second-order valence-electron chi connectivity index (χ2n) is 3.01. The van der Waals surface area contributed by atoms with Crippen LogP contribution in [-0.2, 0) is 10.0 Å². The van der Waals surface area contributed by atoms with E-state index in [-0.39, 0.29) is 19.9 Å². The van der Waals surface area contributed by atoms with Gasteiger partial charge in [0.2, 0.25) is 0 Å². The molecule has 0 saturated heterocycles. The van der Waals surface area contributed by atoms with E-state index in [1.54, 1.807) is 0 Å². The molecule has 7 heteroatoms. The molecule has 0 unspecified atom stereocenters. The molecular formula is C8H5BrFNO2S2. The van der Waals surface area contributed by atoms with Gasteiger partial charge in [0, 0.05) is 12.6 Å². The fraction of sp³-hybridized carbons (Fsp3) is 0.125. The molecule has 1 aliphatic rings. The maximum atomic E-state index is 13.2. The van der Waals surface area contributed by atoms with E-state index >= 15 is 0 Å². The predicted octanol–water partition coefficient (Wildman–Crippen LogP) is 1.90. The van der Waals surface area contributed by atoms with Gasteiger partial charge < -0.3 is 0 Å². The first-order valence-electron chi connectivity index (χ1n) is 3.88. The fourth-order valence-corrected chi connectivity index (χ4v) is 4.03. The molecule has 0 aliphatic carbocycles. The van der Waals surface area contributed by atoms with Crippen molar-refractivity contribution in [1.29, 1.82) is 0 Å². The summed E-state index contributed by atoms with van der Waals surface area (Å²) in [4.78, 5) is 0.152. The standard InChI is InChI=1S/C8H5BrFNO2S2/c1-11-8(14)6-5(15(11,12)13)3-2-4(10)7(6)9/h2-3H,1H3. The lowest BCUT2D eigenvalue weighted by Gasteiger charge is -2.08. The molecule has 0 radical (unpaired) electrons. The lowest BCUT2D eigenvalue weighted by molar-refractivity contribution is 0.560. The van der Waals surface area contributed by atoms with Gasteiger partial charge in [-0.1, -0.05) is 12.2 Å². The summed E-state index contributed by atoms with van der Waals surface area (Å²) in [5.41, 5.74) is 0.229. The Morgan fingerprint density at radius 3 is 2.67 bits per heavy atom. The first kappa shape index (κ1) is 11.0. The molecule has 15 heavy (non-hydrogen) atoms. The summed E-state index contributed by atoms with van der Waals surface area (Å²) >= 11 is 7.94. The minimum atomic E-state index is -3.58. The van der Waals surface area contributed by atoms with Crippen molar-refractivity contribution in [2.75, 3.05) is 7.05 Å². The predicted molar refractivity (Wildman–Crippen MR) is 60.7 cm³/mol. The Bertz CT molecular complexity index is 570. The fourth-order valence-electron chi connectivity index (χ4n) is 1.36. The van der Waals surface area contributed by atoms with Gasteiger partial charge in [0.05, 0.1) is 9.37 Å². The molecule has 2 rings (SSSR count). The summed E-state index contributed by atoms with van der Waals surface area (Å²) in [6.45, 7) is 0. The third-order valence-corrected chi connectivity index (χ3v) is 5.36. The zero-order chi connectivity index (χ0) is 11.4. The van der Waals surface area contributed by atoms with Gasteiger partial charge in [-0.25, -0.2) is 12.8 Å². The monoisotopic (exact) mass is 309 g/mol. The van der Waals surface area contributed by atoms with Crippen LogP contribution >= 0.6 is 28.1 Å². The lowest BCUT2D eigenvalue weighted by atomic mass is 10.2. The molecule has 1 aliphatic heterocycles. The van der Waals surface area contributed by atoms with E-state index in [1.165, 1.54) is 13.1 Å². The molecule has 0 atom stereocenters. The van der Waals surface area contributed by atoms with Gasteiger partial charge in [0.1, 0.15) is 10.8 Å². The zero-order valence-electron chi connectivity index (χ0n) is 7.49. The van der Waals surface area contributed by atoms with Gasteiger partial charge in [0.25, 0.3) is 10.0 Å². The largest absolute Gasteiger partial charge is 0.265 e. The summed E-state index contributed by atoms with van der Waals surface area (Å²) < 4.78 is 37.8. The van der Waals surface area contributed by atoms with Crippen LogP contribution in [0.25, 0.3) is 0 Å². The number of halogens is 2. The summed E-state index contributed by atoms with van der Waals surface area (Å²) in [7, 11) is -2.23. The molecule has 0 aromatic heterocycles. The Kier molecular flexibility index (Phi) is 2.36. The second kappa shape index (κ2) is 3.23. The molecule has 0 spiro atoms. The van der Waals surface area contributed by atoms with Crippen molar-refractivity contribution in [3.63, 3.8) is 0 Å². The molecule has 0 saturated carbocycles. The molecule has 80 valence electrons. The Morgan fingerprint density at radius 2 is 2.07 bits per heavy atom. The van der Waals surface area contributed by atoms with Crippen LogP contribution in [0.15, 0.2) is 21.5 Å². The van der Waals surface area contributed by atoms with Crippen molar-refractivity contribution >= 4 is 43.2 Å². The molecule has 1 aromatic rings. The van der Waals surface area contributed by atoms with Crippen molar-refractivity contribution in [3.05, 3.63) is 28.0 Å². The van der Waals surface area contributed by atoms with Crippen molar-refractivity contribution in [1.82, 2.24) is 4.31 Å². The molecule has 0 bridgehead atoms. The van der Waals surface area contributed by atoms with E-state index in [9.17, 15) is 12.8 Å². The lowest BCUT2D eigenvalue weighted by Crippen LogP contribution is -2.24. The number of thiocarbonyl (C=S) groups is 1. The van der Waals surface area contributed by atoms with Crippen LogP contribution in [0.2, 0.25) is 0 Å². The minimum Gasteiger partial charge on any atom is -0.259 e. The maximum absolute atomic E-state index is 13.2. The first-order valence-corrected chi connectivity index (χ1v) is 6.52. The number of hydrogen-bond acceptors (Lipinski definition) is 3. The third-order valence-electron chi connectivity index (χ3n) is 2.19. The van der Waals surface area contributed by atoms with E-state index in [2.05, 4.69) is 15.9 Å². The van der Waals surface area contributed by atoms with Crippen LogP contribution in [0.4, 0.5) is 4.39 Å². The van der Waals surface area contributed by atoms with E-state index in [0.29, 0.717) is 0 Å². The van der Waals surface area contributed by atoms with Crippen molar-refractivity contribution in [2.45, 2.75) is 4.90 Å². The van der Waals surface area contributed by atoms with Crippen LogP contribution in [0.5, 0.6) is 0 Å². The number of benzene rings is 1. The number of hydrogen-bond donors (Lipinski definition) is 0. The van der Waals surface area contributed by atoms with E-state index in [1.807, 2.05) is 0 Å². The Balaban J connectivity index is 2.90. The van der Waals surface area contributed by atoms with E-state index in [4.69, 9.17) is 12.2 Å². The highest BCUT2D eigenvalue weighted by Crippen LogP contribution is 2.35. The summed E-state index contributed by atoms with van der Waals surface area (Å²) in [5.74, 6) is -0.526. The van der Waals surface area contributed by atoms with Gasteiger partial charge in [-0.05, 0) is 28.1 Å². The van der Waals surface area contributed by atoms with E-state index < -0.39 is 15.8 Å². The summed E-state index contributed by atoms with van der Waals surface area (Å²) in [5, 5.41) is 0. The average Bonchev–Trinajstić information content (AvgIpc) is 2.34. The smallest absolute Gasteiger partial charge is 0.259 e.